The van der Waals surface area contributed by atoms with E-state index < -0.39 is 12.1 Å². The first kappa shape index (κ1) is 42.3. The first-order valence-corrected chi connectivity index (χ1v) is 19.6. The second kappa shape index (κ2) is 17.9. The van der Waals surface area contributed by atoms with Gasteiger partial charge in [0.25, 0.3) is 0 Å². The number of carbonyl (C=O) groups excluding carboxylic acids is 4. The molecule has 4 amide bonds. The minimum Gasteiger partial charge on any atom is -0.453 e. The lowest BCUT2D eigenvalue weighted by atomic mass is 10.0. The van der Waals surface area contributed by atoms with Crippen molar-refractivity contribution in [1.29, 1.82) is 0 Å². The number of amides is 4. The van der Waals surface area contributed by atoms with Gasteiger partial charge in [0.1, 0.15) is 45.9 Å². The van der Waals surface area contributed by atoms with Gasteiger partial charge in [-0.25, -0.2) is 14.8 Å². The summed E-state index contributed by atoms with van der Waals surface area (Å²) in [7, 11) is 1.25. The summed E-state index contributed by atoms with van der Waals surface area (Å²) in [5.74, 6) is 1.19. The number of nitrogens with one attached hydrogen (secondary N) is 4. The number of aromatic amines is 2. The molecule has 0 bridgehead atoms. The van der Waals surface area contributed by atoms with Gasteiger partial charge in [0, 0.05) is 30.1 Å². The summed E-state index contributed by atoms with van der Waals surface area (Å²) in [6, 6.07) is 15.0. The number of imidazole rings is 2. The number of nitrogens with zero attached hydrogens (tertiary/aromatic N) is 4. The molecule has 2 heterocycles. The molecule has 1 aliphatic carbocycles. The zero-order chi connectivity index (χ0) is 41.0. The van der Waals surface area contributed by atoms with E-state index in [1.807, 2.05) is 88.0 Å². The van der Waals surface area contributed by atoms with E-state index in [0.717, 1.165) is 22.3 Å². The molecular formula is C41H52Cl2N8O5. The number of alkyl carbamates (subject to hydrolysis) is 1. The number of aromatic nitrogens is 4. The van der Waals surface area contributed by atoms with Crippen molar-refractivity contribution in [3.8, 4) is 33.6 Å². The molecule has 1 fully saturated rings. The van der Waals surface area contributed by atoms with Gasteiger partial charge in [0.2, 0.25) is 17.7 Å². The Morgan fingerprint density at radius 2 is 1.23 bits per heavy atom. The predicted octanol–water partition coefficient (Wildman–Crippen LogP) is 7.31. The van der Waals surface area contributed by atoms with Crippen LogP contribution >= 0.6 is 23.2 Å². The van der Waals surface area contributed by atoms with Crippen molar-refractivity contribution in [3.05, 3.63) is 70.5 Å². The van der Waals surface area contributed by atoms with E-state index in [4.69, 9.17) is 33.2 Å². The van der Waals surface area contributed by atoms with Crippen LogP contribution < -0.4 is 10.6 Å². The van der Waals surface area contributed by atoms with Crippen LogP contribution in [-0.4, -0.2) is 85.3 Å². The van der Waals surface area contributed by atoms with E-state index in [1.165, 1.54) is 14.0 Å². The van der Waals surface area contributed by atoms with E-state index in [2.05, 4.69) is 39.2 Å². The fraction of sp³-hybridized carbons (Fsp3) is 0.463. The molecule has 15 heteroatoms. The molecule has 1 aliphatic rings. The molecule has 56 heavy (non-hydrogen) atoms. The molecule has 0 aliphatic heterocycles. The number of methoxy groups -OCH3 is 1. The Bertz CT molecular complexity index is 2020. The number of ether oxygens (including phenoxy) is 1. The lowest BCUT2D eigenvalue weighted by Gasteiger charge is -2.31. The average Bonchev–Trinajstić information content (AvgIpc) is 3.42. The fourth-order valence-electron chi connectivity index (χ4n) is 6.88. The summed E-state index contributed by atoms with van der Waals surface area (Å²) in [6.45, 7) is 15.7. The quantitative estimate of drug-likeness (QED) is 0.0978. The van der Waals surface area contributed by atoms with Crippen molar-refractivity contribution in [2.24, 2.45) is 23.7 Å². The third kappa shape index (κ3) is 9.73. The summed E-state index contributed by atoms with van der Waals surface area (Å²) in [6.07, 6.45) is -0.679. The van der Waals surface area contributed by atoms with Crippen LogP contribution in [-0.2, 0) is 32.2 Å². The highest BCUT2D eigenvalue weighted by molar-refractivity contribution is 6.32. The first-order chi connectivity index (χ1) is 26.5. The average molecular weight is 808 g/mol. The van der Waals surface area contributed by atoms with Crippen molar-refractivity contribution in [3.63, 3.8) is 0 Å². The maximum Gasteiger partial charge on any atom is 0.407 e. The second-order valence-electron chi connectivity index (χ2n) is 15.3. The highest BCUT2D eigenvalue weighted by atomic mass is 35.5. The Balaban J connectivity index is 1.29. The van der Waals surface area contributed by atoms with Gasteiger partial charge in [-0.1, -0.05) is 113 Å². The maximum atomic E-state index is 13.8. The van der Waals surface area contributed by atoms with Crippen LogP contribution in [0.25, 0.3) is 33.6 Å². The topological polar surface area (TPSA) is 165 Å². The lowest BCUT2D eigenvalue weighted by Crippen LogP contribution is -2.51. The molecule has 3 unspecified atom stereocenters. The van der Waals surface area contributed by atoms with Crippen molar-refractivity contribution < 1.29 is 23.9 Å². The van der Waals surface area contributed by atoms with Gasteiger partial charge in [-0.3, -0.25) is 14.4 Å². The summed E-state index contributed by atoms with van der Waals surface area (Å²) in [5.41, 5.74) is 4.72. The molecule has 4 aromatic rings. The number of rotatable bonds is 15. The number of hydrogen-bond acceptors (Lipinski definition) is 7. The Hall–Kier alpha value is -4.88. The number of benzene rings is 2. The maximum absolute atomic E-state index is 13.8. The Kier molecular flexibility index (Phi) is 13.5. The summed E-state index contributed by atoms with van der Waals surface area (Å²) in [5, 5.41) is 6.02. The van der Waals surface area contributed by atoms with E-state index >= 15 is 0 Å². The van der Waals surface area contributed by atoms with Crippen LogP contribution in [0.2, 0.25) is 10.3 Å². The largest absolute Gasteiger partial charge is 0.453 e. The molecule has 5 rings (SSSR count). The zero-order valence-electron chi connectivity index (χ0n) is 33.4. The number of H-pyrrole nitrogens is 2. The minimum absolute atomic E-state index is 0.0457. The van der Waals surface area contributed by atoms with Gasteiger partial charge in [-0.15, -0.1) is 0 Å². The third-order valence-electron chi connectivity index (χ3n) is 10.8. The molecule has 2 aromatic carbocycles. The molecule has 0 saturated heterocycles. The van der Waals surface area contributed by atoms with Crippen LogP contribution in [0.15, 0.2) is 48.5 Å². The van der Waals surface area contributed by atoms with Crippen LogP contribution in [0, 0.1) is 23.7 Å². The minimum atomic E-state index is -0.679. The molecule has 0 radical (unpaired) electrons. The van der Waals surface area contributed by atoms with Gasteiger partial charge in [0.15, 0.2) is 0 Å². The Labute approximate surface area is 338 Å². The monoisotopic (exact) mass is 806 g/mol. The molecule has 5 atom stereocenters. The van der Waals surface area contributed by atoms with Crippen LogP contribution in [0.4, 0.5) is 4.79 Å². The van der Waals surface area contributed by atoms with Crippen LogP contribution in [0.5, 0.6) is 0 Å². The molecule has 300 valence electrons. The molecule has 2 aromatic heterocycles. The fourth-order valence-corrected chi connectivity index (χ4v) is 7.40. The van der Waals surface area contributed by atoms with Crippen molar-refractivity contribution >= 4 is 47.0 Å². The molecule has 13 nitrogen and oxygen atoms in total. The standard InChI is InChI=1S/C41H52Cl2N8O5/c1-21(2)25(7)50(33(53)18-44-41(55)56-9)19-31-46-35(38(42)48-31)29-14-10-27(11-15-29)28-12-16-30(17-13-28)36-39(43)49-32(47-36)20-51(37-23(5)24(37)6)40(54)34(22(3)4)45-26(8)52/h10-17,21-25,34,37H,18-20H2,1-9H3,(H,44,55)(H,45,52)(H,46,48)(H,47,49)/t23-,24?,25-,34?,37?/m1/s1. The molecule has 1 saturated carbocycles. The van der Waals surface area contributed by atoms with Crippen molar-refractivity contribution in [2.75, 3.05) is 13.7 Å². The lowest BCUT2D eigenvalue weighted by molar-refractivity contribution is -0.138. The second-order valence-corrected chi connectivity index (χ2v) is 16.1. The highest BCUT2D eigenvalue weighted by Gasteiger charge is 2.50. The SMILES string of the molecule is COC(=O)NCC(=O)N(Cc1nc(-c2ccc(-c3ccc(-c4nc(CN(C(=O)C(NC(C)=O)C(C)C)C5C(C)[C@H]5C)[nH]c4Cl)cc3)cc2)c(Cl)[nH]1)[C@H](C)C(C)C. The van der Waals surface area contributed by atoms with E-state index in [1.54, 1.807) is 4.90 Å². The third-order valence-corrected chi connectivity index (χ3v) is 11.3. The van der Waals surface area contributed by atoms with Gasteiger partial charge >= 0.3 is 6.09 Å². The Morgan fingerprint density at radius 1 is 0.768 bits per heavy atom. The first-order valence-electron chi connectivity index (χ1n) is 18.9. The molecule has 0 spiro atoms. The highest BCUT2D eigenvalue weighted by Crippen LogP contribution is 2.43. The van der Waals surface area contributed by atoms with Crippen molar-refractivity contribution in [1.82, 2.24) is 40.4 Å². The van der Waals surface area contributed by atoms with Crippen LogP contribution in [0.1, 0.15) is 67.0 Å². The van der Waals surface area contributed by atoms with Gasteiger partial charge in [0.05, 0.1) is 20.2 Å². The van der Waals surface area contributed by atoms with Crippen molar-refractivity contribution in [2.45, 2.75) is 86.6 Å². The summed E-state index contributed by atoms with van der Waals surface area (Å²) < 4.78 is 4.60. The Morgan fingerprint density at radius 3 is 1.64 bits per heavy atom. The van der Waals surface area contributed by atoms with Gasteiger partial charge < -0.3 is 35.1 Å². The smallest absolute Gasteiger partial charge is 0.407 e. The van der Waals surface area contributed by atoms with Gasteiger partial charge in [-0.2, -0.15) is 0 Å². The number of hydrogen-bond donors (Lipinski definition) is 4. The molecule has 4 N–H and O–H groups in total. The normalized spacial score (nSPS) is 17.3. The van der Waals surface area contributed by atoms with Gasteiger partial charge in [-0.05, 0) is 41.7 Å². The van der Waals surface area contributed by atoms with E-state index in [9.17, 15) is 19.2 Å². The number of carbonyl (C=O) groups is 4. The summed E-state index contributed by atoms with van der Waals surface area (Å²) in [4.78, 5) is 69.7. The van der Waals surface area contributed by atoms with E-state index in [0.29, 0.717) is 45.2 Å². The summed E-state index contributed by atoms with van der Waals surface area (Å²) >= 11 is 13.3. The number of halogens is 2. The zero-order valence-corrected chi connectivity index (χ0v) is 34.9. The van der Waals surface area contributed by atoms with Crippen LogP contribution in [0.3, 0.4) is 0 Å². The molecular weight excluding hydrogens is 755 g/mol. The van der Waals surface area contributed by atoms with E-state index in [-0.39, 0.29) is 61.3 Å². The predicted molar refractivity (Wildman–Crippen MR) is 217 cm³/mol.